The second-order valence-electron chi connectivity index (χ2n) is 18.5. The number of esters is 1. The van der Waals surface area contributed by atoms with Crippen LogP contribution in [0.2, 0.25) is 0 Å². The molecule has 0 aromatic heterocycles. The molecule has 0 aromatic carbocycles. The standard InChI is InChI=1S/C37H54O11/c1-17-12-37(29-34(7,47-29)30(42)48-37)46-20-13-32(5)22-9-8-21-31(3,4)23(45-28-27(41)26(40)19(39)15-43-28)10-11-35(21)16-36(22,35)14-24(44-18(2)38)33(32,6)25(17)20/h9,17,19-21,23-30,39-42H,8,10-16H2,1-7H3/t17-,19-,20+,21+,23+,24-,25+,26+,27-,28+,29+,30+,32+,33-,34+,35-,36-,37-/m1/s1. The number of hydrogen-bond donors (Lipinski definition) is 4. The van der Waals surface area contributed by atoms with E-state index in [0.29, 0.717) is 12.3 Å². The lowest BCUT2D eigenvalue weighted by Gasteiger charge is -2.62. The molecule has 5 aliphatic carbocycles. The number of carbonyl (C=O) groups excluding carboxylic acids is 1. The molecule has 0 unspecified atom stereocenters. The summed E-state index contributed by atoms with van der Waals surface area (Å²) in [5.41, 5.74) is -0.191. The van der Waals surface area contributed by atoms with Gasteiger partial charge in [-0.3, -0.25) is 4.79 Å². The third kappa shape index (κ3) is 3.69. The van der Waals surface area contributed by atoms with Crippen LogP contribution < -0.4 is 0 Å². The van der Waals surface area contributed by atoms with E-state index >= 15 is 0 Å². The molecule has 8 fully saturated rings. The van der Waals surface area contributed by atoms with Crippen LogP contribution in [0.5, 0.6) is 0 Å². The fourth-order valence-electron chi connectivity index (χ4n) is 13.8. The van der Waals surface area contributed by atoms with E-state index in [2.05, 4.69) is 40.7 Å². The summed E-state index contributed by atoms with van der Waals surface area (Å²) in [5.74, 6) is -0.600. The molecule has 0 radical (unpaired) electrons. The van der Waals surface area contributed by atoms with Gasteiger partial charge in [0.05, 0.1) is 18.8 Å². The number of ether oxygens (including phenoxy) is 6. The molecule has 4 N–H and O–H groups in total. The summed E-state index contributed by atoms with van der Waals surface area (Å²) >= 11 is 0. The van der Waals surface area contributed by atoms with Crippen LogP contribution >= 0.6 is 0 Å². The molecule has 48 heavy (non-hydrogen) atoms. The van der Waals surface area contributed by atoms with Gasteiger partial charge in [-0.2, -0.15) is 0 Å². The Labute approximate surface area is 282 Å². The molecule has 11 nitrogen and oxygen atoms in total. The lowest BCUT2D eigenvalue weighted by atomic mass is 9.44. The third-order valence-corrected chi connectivity index (χ3v) is 16.1. The van der Waals surface area contributed by atoms with E-state index in [1.807, 2.05) is 6.92 Å². The zero-order chi connectivity index (χ0) is 34.2. The van der Waals surface area contributed by atoms with E-state index in [9.17, 15) is 25.2 Å². The second kappa shape index (κ2) is 9.63. The van der Waals surface area contributed by atoms with E-state index < -0.39 is 42.3 Å². The summed E-state index contributed by atoms with van der Waals surface area (Å²) in [6, 6.07) is 0. The van der Waals surface area contributed by atoms with E-state index in [1.54, 1.807) is 0 Å². The maximum Gasteiger partial charge on any atom is 0.302 e. The molecule has 4 aliphatic heterocycles. The lowest BCUT2D eigenvalue weighted by molar-refractivity contribution is -0.345. The highest BCUT2D eigenvalue weighted by Crippen LogP contribution is 2.88. The average molecular weight is 675 g/mol. The summed E-state index contributed by atoms with van der Waals surface area (Å²) in [6.07, 6.45) is 1.68. The van der Waals surface area contributed by atoms with E-state index in [-0.39, 0.29) is 75.9 Å². The zero-order valence-corrected chi connectivity index (χ0v) is 29.3. The van der Waals surface area contributed by atoms with Crippen molar-refractivity contribution in [3.05, 3.63) is 11.6 Å². The molecule has 18 atom stereocenters. The van der Waals surface area contributed by atoms with Gasteiger partial charge in [0.1, 0.15) is 36.1 Å². The van der Waals surface area contributed by atoms with Crippen molar-refractivity contribution < 1.29 is 53.6 Å². The first-order valence-electron chi connectivity index (χ1n) is 18.3. The molecule has 9 rings (SSSR count). The molecular weight excluding hydrogens is 620 g/mol. The van der Waals surface area contributed by atoms with Gasteiger partial charge in [-0.15, -0.1) is 0 Å². The van der Waals surface area contributed by atoms with Crippen LogP contribution in [-0.2, 0) is 33.2 Å². The summed E-state index contributed by atoms with van der Waals surface area (Å²) in [7, 11) is 0. The van der Waals surface area contributed by atoms with E-state index in [4.69, 9.17) is 28.4 Å². The Balaban J connectivity index is 1.06. The molecule has 0 amide bonds. The Morgan fingerprint density at radius 1 is 0.958 bits per heavy atom. The lowest BCUT2D eigenvalue weighted by Crippen LogP contribution is -2.61. The van der Waals surface area contributed by atoms with Gasteiger partial charge in [0.15, 0.2) is 12.6 Å². The fraction of sp³-hybridized carbons (Fsp3) is 0.919. The van der Waals surface area contributed by atoms with Gasteiger partial charge < -0.3 is 48.8 Å². The molecule has 268 valence electrons. The minimum atomic E-state index is -1.32. The summed E-state index contributed by atoms with van der Waals surface area (Å²) in [4.78, 5) is 12.9. The van der Waals surface area contributed by atoms with Gasteiger partial charge in [-0.1, -0.05) is 46.3 Å². The molecule has 4 saturated carbocycles. The van der Waals surface area contributed by atoms with Gasteiger partial charge in [0.25, 0.3) is 0 Å². The first-order chi connectivity index (χ1) is 22.4. The summed E-state index contributed by atoms with van der Waals surface area (Å²) in [5, 5.41) is 41.7. The van der Waals surface area contributed by atoms with E-state index in [0.717, 1.165) is 38.5 Å². The second-order valence-corrected chi connectivity index (χ2v) is 18.5. The van der Waals surface area contributed by atoms with Crippen LogP contribution in [0, 0.1) is 44.8 Å². The Kier molecular flexibility index (Phi) is 6.57. The largest absolute Gasteiger partial charge is 0.462 e. The summed E-state index contributed by atoms with van der Waals surface area (Å²) in [6.45, 7) is 14.9. The van der Waals surface area contributed by atoms with Crippen molar-refractivity contribution in [1.29, 1.82) is 0 Å². The molecular formula is C37H54O11. The first kappa shape index (κ1) is 32.7. The first-order valence-corrected chi connectivity index (χ1v) is 18.3. The normalized spacial score (nSPS) is 61.6. The van der Waals surface area contributed by atoms with E-state index in [1.165, 1.54) is 12.5 Å². The molecule has 0 bridgehead atoms. The monoisotopic (exact) mass is 674 g/mol. The number of rotatable bonds is 3. The van der Waals surface area contributed by atoms with Gasteiger partial charge in [-0.25, -0.2) is 0 Å². The molecule has 11 heteroatoms. The Bertz CT molecular complexity index is 1450. The molecule has 4 saturated heterocycles. The highest BCUT2D eigenvalue weighted by molar-refractivity contribution is 5.66. The van der Waals surface area contributed by atoms with Crippen molar-refractivity contribution in [3.8, 4) is 0 Å². The maximum atomic E-state index is 12.9. The van der Waals surface area contributed by atoms with Gasteiger partial charge >= 0.3 is 5.97 Å². The van der Waals surface area contributed by atoms with Crippen LogP contribution in [0.1, 0.15) is 93.4 Å². The van der Waals surface area contributed by atoms with Crippen molar-refractivity contribution in [2.75, 3.05) is 6.61 Å². The number of carbonyl (C=O) groups is 1. The quantitative estimate of drug-likeness (QED) is 0.198. The maximum absolute atomic E-state index is 12.9. The highest BCUT2D eigenvalue weighted by Gasteiger charge is 2.85. The van der Waals surface area contributed by atoms with Gasteiger partial charge in [0, 0.05) is 29.6 Å². The molecule has 0 aromatic rings. The Hall–Kier alpha value is -1.15. The molecule has 4 heterocycles. The summed E-state index contributed by atoms with van der Waals surface area (Å²) < 4.78 is 37.8. The molecule has 9 aliphatic rings. The minimum Gasteiger partial charge on any atom is -0.462 e. The Morgan fingerprint density at radius 3 is 2.38 bits per heavy atom. The topological polar surface area (TPSA) is 157 Å². The number of allylic oxidation sites excluding steroid dienone is 2. The number of aliphatic hydroxyl groups excluding tert-OH is 4. The van der Waals surface area contributed by atoms with Crippen molar-refractivity contribution in [1.82, 2.24) is 0 Å². The number of hydrogen-bond acceptors (Lipinski definition) is 11. The van der Waals surface area contributed by atoms with Crippen molar-refractivity contribution in [2.24, 2.45) is 44.8 Å². The van der Waals surface area contributed by atoms with Crippen molar-refractivity contribution >= 4 is 5.97 Å². The third-order valence-electron chi connectivity index (χ3n) is 16.1. The van der Waals surface area contributed by atoms with Crippen LogP contribution in [-0.4, -0.2) is 99.7 Å². The van der Waals surface area contributed by atoms with Crippen LogP contribution in [0.3, 0.4) is 0 Å². The van der Waals surface area contributed by atoms with Gasteiger partial charge in [0.2, 0.25) is 5.79 Å². The predicted octanol–water partition coefficient (Wildman–Crippen LogP) is 2.95. The zero-order valence-electron chi connectivity index (χ0n) is 29.3. The van der Waals surface area contributed by atoms with Crippen molar-refractivity contribution in [3.63, 3.8) is 0 Å². The van der Waals surface area contributed by atoms with Crippen molar-refractivity contribution in [2.45, 2.75) is 160 Å². The average Bonchev–Trinajstić information content (AvgIpc) is 3.84. The number of epoxide rings is 1. The number of aliphatic hydroxyl groups is 4. The Morgan fingerprint density at radius 2 is 1.71 bits per heavy atom. The van der Waals surface area contributed by atoms with Crippen LogP contribution in [0.4, 0.5) is 0 Å². The molecule has 3 spiro atoms. The fourth-order valence-corrected chi connectivity index (χ4v) is 13.8. The van der Waals surface area contributed by atoms with Crippen LogP contribution in [0.25, 0.3) is 0 Å². The highest BCUT2D eigenvalue weighted by atomic mass is 16.8. The minimum absolute atomic E-state index is 0.0364. The van der Waals surface area contributed by atoms with Crippen LogP contribution in [0.15, 0.2) is 11.6 Å². The smallest absolute Gasteiger partial charge is 0.302 e. The SMILES string of the molecule is CC(=O)O[C@@H]1C[C@]23C[C@@]24CC[C@H](O[C@@H]2OC[C@@H](O)[C@H](O)[C@H]2O)C(C)(C)[C@@H]4CC=C3[C@]2(C)C[C@@H]3O[C@]4(C[C@@H](C)[C@@H]3[C@@]12C)O[C@H](O)[C@@]1(C)O[C@H]41. The number of fused-ring (bicyclic) bond motifs is 6. The predicted molar refractivity (Wildman–Crippen MR) is 168 cm³/mol. The van der Waals surface area contributed by atoms with Gasteiger partial charge in [-0.05, 0) is 74.0 Å².